The number of nitrogens with zero attached hydrogens (tertiary/aromatic N) is 1. The molecule has 1 N–H and O–H groups in total. The Morgan fingerprint density at radius 3 is 2.50 bits per heavy atom. The van der Waals surface area contributed by atoms with Crippen molar-refractivity contribution in [2.45, 2.75) is 27.7 Å². The molecule has 0 aromatic heterocycles. The molecule has 0 saturated carbocycles. The molecule has 4 nitrogen and oxygen atoms in total. The van der Waals surface area contributed by atoms with Gasteiger partial charge in [-0.25, -0.2) is 0 Å². The first-order valence-corrected chi connectivity index (χ1v) is 5.29. The molecule has 0 bridgehead atoms. The highest BCUT2D eigenvalue weighted by Crippen LogP contribution is 2.26. The summed E-state index contributed by atoms with van der Waals surface area (Å²) in [6.07, 6.45) is 0. The Labute approximate surface area is 95.8 Å². The van der Waals surface area contributed by atoms with E-state index in [0.717, 1.165) is 12.2 Å². The van der Waals surface area contributed by atoms with E-state index < -0.39 is 0 Å². The fraction of sp³-hybridized carbons (Fsp3) is 0.500. The SMILES string of the molecule is Cc1c(NCC(C)(C)C)cccc1[N+](=O)[O-]. The zero-order chi connectivity index (χ0) is 12.3. The topological polar surface area (TPSA) is 55.2 Å². The lowest BCUT2D eigenvalue weighted by molar-refractivity contribution is -0.385. The third kappa shape index (κ3) is 3.22. The summed E-state index contributed by atoms with van der Waals surface area (Å²) < 4.78 is 0. The van der Waals surface area contributed by atoms with Gasteiger partial charge >= 0.3 is 0 Å². The molecule has 0 aliphatic carbocycles. The maximum Gasteiger partial charge on any atom is 0.274 e. The molecule has 0 fully saturated rings. The predicted molar refractivity (Wildman–Crippen MR) is 65.8 cm³/mol. The van der Waals surface area contributed by atoms with Gasteiger partial charge in [0.15, 0.2) is 0 Å². The number of anilines is 1. The van der Waals surface area contributed by atoms with Crippen LogP contribution < -0.4 is 5.32 Å². The zero-order valence-corrected chi connectivity index (χ0v) is 10.2. The molecule has 0 aliphatic rings. The lowest BCUT2D eigenvalue weighted by atomic mass is 9.96. The summed E-state index contributed by atoms with van der Waals surface area (Å²) in [4.78, 5) is 10.4. The van der Waals surface area contributed by atoms with Crippen molar-refractivity contribution in [2.75, 3.05) is 11.9 Å². The third-order valence-corrected chi connectivity index (χ3v) is 2.31. The highest BCUT2D eigenvalue weighted by molar-refractivity contribution is 5.59. The Hall–Kier alpha value is -1.58. The van der Waals surface area contributed by atoms with Crippen LogP contribution in [0.5, 0.6) is 0 Å². The highest BCUT2D eigenvalue weighted by atomic mass is 16.6. The average molecular weight is 222 g/mol. The molecule has 0 atom stereocenters. The van der Waals surface area contributed by atoms with Crippen molar-refractivity contribution in [1.29, 1.82) is 0 Å². The molecule has 0 amide bonds. The third-order valence-electron chi connectivity index (χ3n) is 2.31. The fourth-order valence-electron chi connectivity index (χ4n) is 1.37. The average Bonchev–Trinajstić information content (AvgIpc) is 2.14. The van der Waals surface area contributed by atoms with Crippen molar-refractivity contribution in [3.8, 4) is 0 Å². The van der Waals surface area contributed by atoms with Gasteiger partial charge in [-0.05, 0) is 18.4 Å². The largest absolute Gasteiger partial charge is 0.384 e. The van der Waals surface area contributed by atoms with Crippen LogP contribution in [0.1, 0.15) is 26.3 Å². The maximum atomic E-state index is 10.8. The van der Waals surface area contributed by atoms with Crippen molar-refractivity contribution in [2.24, 2.45) is 5.41 Å². The summed E-state index contributed by atoms with van der Waals surface area (Å²) in [5, 5.41) is 14.0. The molecular weight excluding hydrogens is 204 g/mol. The lowest BCUT2D eigenvalue weighted by Gasteiger charge is -2.20. The van der Waals surface area contributed by atoms with Gasteiger partial charge in [-0.3, -0.25) is 10.1 Å². The van der Waals surface area contributed by atoms with Crippen molar-refractivity contribution in [3.05, 3.63) is 33.9 Å². The van der Waals surface area contributed by atoms with Gasteiger partial charge in [0.2, 0.25) is 0 Å². The summed E-state index contributed by atoms with van der Waals surface area (Å²) in [5.74, 6) is 0. The number of hydrogen-bond acceptors (Lipinski definition) is 3. The van der Waals surface area contributed by atoms with Crippen LogP contribution in [-0.4, -0.2) is 11.5 Å². The van der Waals surface area contributed by atoms with E-state index in [9.17, 15) is 10.1 Å². The van der Waals surface area contributed by atoms with Crippen LogP contribution in [0.3, 0.4) is 0 Å². The fourth-order valence-corrected chi connectivity index (χ4v) is 1.37. The Bertz CT molecular complexity index is 394. The standard InChI is InChI=1S/C12H18N2O2/c1-9-10(13-8-12(2,3)4)6-5-7-11(9)14(15)16/h5-7,13H,8H2,1-4H3. The van der Waals surface area contributed by atoms with Gasteiger partial charge in [-0.15, -0.1) is 0 Å². The molecule has 0 spiro atoms. The van der Waals surface area contributed by atoms with Gasteiger partial charge in [0.05, 0.1) is 4.92 Å². The molecule has 16 heavy (non-hydrogen) atoms. The second-order valence-corrected chi connectivity index (χ2v) is 5.12. The molecular formula is C12H18N2O2. The Morgan fingerprint density at radius 2 is 2.00 bits per heavy atom. The summed E-state index contributed by atoms with van der Waals surface area (Å²) in [6.45, 7) is 8.91. The number of nitro groups is 1. The minimum atomic E-state index is -0.350. The Morgan fingerprint density at radius 1 is 1.38 bits per heavy atom. The second-order valence-electron chi connectivity index (χ2n) is 5.12. The van der Waals surface area contributed by atoms with Gasteiger partial charge in [-0.1, -0.05) is 26.8 Å². The number of benzene rings is 1. The number of hydrogen-bond donors (Lipinski definition) is 1. The first-order chi connectivity index (χ1) is 7.31. The van der Waals surface area contributed by atoms with Gasteiger partial charge in [-0.2, -0.15) is 0 Å². The number of rotatable bonds is 3. The summed E-state index contributed by atoms with van der Waals surface area (Å²) in [7, 11) is 0. The zero-order valence-electron chi connectivity index (χ0n) is 10.2. The van der Waals surface area contributed by atoms with E-state index in [0.29, 0.717) is 5.56 Å². The van der Waals surface area contributed by atoms with Crippen LogP contribution in [0.15, 0.2) is 18.2 Å². The molecule has 0 heterocycles. The minimum Gasteiger partial charge on any atom is -0.384 e. The molecule has 0 saturated heterocycles. The Balaban J connectivity index is 2.90. The van der Waals surface area contributed by atoms with Crippen molar-refractivity contribution < 1.29 is 4.92 Å². The summed E-state index contributed by atoms with van der Waals surface area (Å²) in [5.41, 5.74) is 1.84. The molecule has 0 unspecified atom stereocenters. The van der Waals surface area contributed by atoms with E-state index >= 15 is 0 Å². The highest BCUT2D eigenvalue weighted by Gasteiger charge is 2.15. The smallest absolute Gasteiger partial charge is 0.274 e. The van der Waals surface area contributed by atoms with Crippen LogP contribution in [0.25, 0.3) is 0 Å². The van der Waals surface area contributed by atoms with E-state index in [1.807, 2.05) is 6.07 Å². The maximum absolute atomic E-state index is 10.8. The first kappa shape index (κ1) is 12.5. The normalized spacial score (nSPS) is 11.2. The van der Waals surface area contributed by atoms with Crippen LogP contribution >= 0.6 is 0 Å². The van der Waals surface area contributed by atoms with Crippen molar-refractivity contribution >= 4 is 11.4 Å². The Kier molecular flexibility index (Phi) is 3.52. The molecule has 1 aromatic carbocycles. The second kappa shape index (κ2) is 4.51. The van der Waals surface area contributed by atoms with E-state index in [-0.39, 0.29) is 16.0 Å². The van der Waals surface area contributed by atoms with Gasteiger partial charge in [0.1, 0.15) is 0 Å². The number of nitrogens with one attached hydrogen (secondary N) is 1. The quantitative estimate of drug-likeness (QED) is 0.630. The predicted octanol–water partition coefficient (Wildman–Crippen LogP) is 3.36. The van der Waals surface area contributed by atoms with Crippen molar-refractivity contribution in [3.63, 3.8) is 0 Å². The van der Waals surface area contributed by atoms with Crippen molar-refractivity contribution in [1.82, 2.24) is 0 Å². The van der Waals surface area contributed by atoms with Crippen LogP contribution in [-0.2, 0) is 0 Å². The lowest BCUT2D eigenvalue weighted by Crippen LogP contribution is -2.19. The minimum absolute atomic E-state index is 0.150. The molecule has 1 aromatic rings. The van der Waals surface area contributed by atoms with Gasteiger partial charge in [0.25, 0.3) is 5.69 Å². The molecule has 0 aliphatic heterocycles. The van der Waals surface area contributed by atoms with E-state index in [2.05, 4.69) is 26.1 Å². The van der Waals surface area contributed by atoms with E-state index in [1.54, 1.807) is 13.0 Å². The molecule has 0 radical (unpaired) electrons. The van der Waals surface area contributed by atoms with Crippen LogP contribution in [0.4, 0.5) is 11.4 Å². The molecule has 88 valence electrons. The van der Waals surface area contributed by atoms with Gasteiger partial charge in [0, 0.05) is 23.9 Å². The van der Waals surface area contributed by atoms with Gasteiger partial charge < -0.3 is 5.32 Å². The van der Waals surface area contributed by atoms with E-state index in [4.69, 9.17) is 0 Å². The summed E-state index contributed by atoms with van der Waals surface area (Å²) in [6, 6.07) is 5.10. The first-order valence-electron chi connectivity index (χ1n) is 5.29. The molecule has 1 rings (SSSR count). The molecule has 4 heteroatoms. The summed E-state index contributed by atoms with van der Waals surface area (Å²) >= 11 is 0. The van der Waals surface area contributed by atoms with Crippen LogP contribution in [0.2, 0.25) is 0 Å². The number of nitro benzene ring substituents is 1. The van der Waals surface area contributed by atoms with Crippen LogP contribution in [0, 0.1) is 22.5 Å². The van der Waals surface area contributed by atoms with E-state index in [1.165, 1.54) is 6.07 Å². The monoisotopic (exact) mass is 222 g/mol.